The maximum Gasteiger partial charge on any atom is 0.114 e. The molecule has 1 aromatic heterocycles. The molecule has 1 aromatic rings. The summed E-state index contributed by atoms with van der Waals surface area (Å²) in [5, 5.41) is 4.33. The van der Waals surface area contributed by atoms with Crippen LogP contribution in [-0.4, -0.2) is 26.0 Å². The molecular weight excluding hydrogens is 210 g/mol. The van der Waals surface area contributed by atoms with E-state index in [1.54, 1.807) is 10.9 Å². The van der Waals surface area contributed by atoms with Gasteiger partial charge in [0.05, 0.1) is 11.9 Å². The third-order valence-electron chi connectivity index (χ3n) is 2.21. The number of nitrogens with zero attached hydrogens (tertiary/aromatic N) is 3. The van der Waals surface area contributed by atoms with E-state index in [2.05, 4.69) is 23.3 Å². The summed E-state index contributed by atoms with van der Waals surface area (Å²) in [4.78, 5) is 0. The highest BCUT2D eigenvalue weighted by molar-refractivity contribution is 7.93. The van der Waals surface area contributed by atoms with Gasteiger partial charge in [0.15, 0.2) is 0 Å². The van der Waals surface area contributed by atoms with E-state index in [1.807, 2.05) is 20.2 Å². The van der Waals surface area contributed by atoms with Gasteiger partial charge >= 0.3 is 0 Å². The van der Waals surface area contributed by atoms with E-state index in [4.69, 9.17) is 0 Å². The normalized spacial score (nSPS) is 15.3. The maximum atomic E-state index is 11.9. The van der Waals surface area contributed by atoms with Gasteiger partial charge in [-0.15, -0.1) is 0 Å². The second kappa shape index (κ2) is 4.35. The first kappa shape index (κ1) is 12.2. The van der Waals surface area contributed by atoms with E-state index in [9.17, 15) is 4.21 Å². The molecule has 1 heterocycles. The molecule has 0 aliphatic heterocycles. The Kier molecular flexibility index (Phi) is 3.54. The molecule has 0 N–H and O–H groups in total. The lowest BCUT2D eigenvalue weighted by atomic mass is 10.1. The standard InChI is InChI=1S/C10H19N3OS/c1-6-15(5,14)12-9-7-13(4)11-10(9)8(2)3/h7-8H,6H2,1-5H3/t15-/m0/s1. The van der Waals surface area contributed by atoms with Crippen LogP contribution in [-0.2, 0) is 16.8 Å². The minimum atomic E-state index is -2.09. The first-order valence-corrected chi connectivity index (χ1v) is 7.18. The SMILES string of the molecule is CC[S@](C)(=O)=Nc1cn(C)nc1C(C)C. The Balaban J connectivity index is 3.27. The van der Waals surface area contributed by atoms with Crippen molar-refractivity contribution in [1.82, 2.24) is 9.78 Å². The Morgan fingerprint density at radius 1 is 1.60 bits per heavy atom. The van der Waals surface area contributed by atoms with Crippen LogP contribution in [0.2, 0.25) is 0 Å². The Hall–Kier alpha value is -0.840. The van der Waals surface area contributed by atoms with Crippen LogP contribution in [0.3, 0.4) is 0 Å². The van der Waals surface area contributed by atoms with Crippen LogP contribution in [0.25, 0.3) is 0 Å². The summed E-state index contributed by atoms with van der Waals surface area (Å²) in [5.74, 6) is 0.872. The van der Waals surface area contributed by atoms with E-state index >= 15 is 0 Å². The van der Waals surface area contributed by atoms with Crippen molar-refractivity contribution < 1.29 is 4.21 Å². The van der Waals surface area contributed by atoms with Crippen molar-refractivity contribution in [2.45, 2.75) is 26.7 Å². The van der Waals surface area contributed by atoms with Crippen LogP contribution in [0.1, 0.15) is 32.4 Å². The molecule has 0 amide bonds. The fraction of sp³-hybridized carbons (Fsp3) is 0.700. The third kappa shape index (κ3) is 3.06. The minimum Gasteiger partial charge on any atom is -0.273 e. The van der Waals surface area contributed by atoms with E-state index in [0.717, 1.165) is 11.4 Å². The molecule has 0 aliphatic carbocycles. The zero-order chi connectivity index (χ0) is 11.6. The fourth-order valence-electron chi connectivity index (χ4n) is 1.25. The lowest BCUT2D eigenvalue weighted by Gasteiger charge is -2.02. The Labute approximate surface area is 91.9 Å². The summed E-state index contributed by atoms with van der Waals surface area (Å²) < 4.78 is 17.9. The van der Waals surface area contributed by atoms with Gasteiger partial charge in [-0.2, -0.15) is 9.46 Å². The van der Waals surface area contributed by atoms with Crippen molar-refractivity contribution >= 4 is 15.4 Å². The molecule has 0 aliphatic rings. The zero-order valence-electron chi connectivity index (χ0n) is 10.0. The molecule has 0 saturated carbocycles. The van der Waals surface area contributed by atoms with Crippen LogP contribution in [0.15, 0.2) is 10.6 Å². The Bertz CT molecular complexity index is 453. The summed E-state index contributed by atoms with van der Waals surface area (Å²) in [7, 11) is -0.238. The molecule has 0 unspecified atom stereocenters. The molecule has 0 radical (unpaired) electrons. The summed E-state index contributed by atoms with van der Waals surface area (Å²) in [6, 6.07) is 0. The summed E-state index contributed by atoms with van der Waals surface area (Å²) >= 11 is 0. The van der Waals surface area contributed by atoms with Gasteiger partial charge in [-0.05, 0) is 5.92 Å². The number of aryl methyl sites for hydroxylation is 1. The Morgan fingerprint density at radius 3 is 2.67 bits per heavy atom. The Morgan fingerprint density at radius 2 is 2.20 bits per heavy atom. The monoisotopic (exact) mass is 229 g/mol. The molecule has 0 spiro atoms. The van der Waals surface area contributed by atoms with Crippen LogP contribution in [0.5, 0.6) is 0 Å². The summed E-state index contributed by atoms with van der Waals surface area (Å²) in [6.07, 6.45) is 3.51. The molecular formula is C10H19N3OS. The summed E-state index contributed by atoms with van der Waals surface area (Å²) in [5.41, 5.74) is 1.68. The molecule has 5 heteroatoms. The molecule has 4 nitrogen and oxygen atoms in total. The summed E-state index contributed by atoms with van der Waals surface area (Å²) in [6.45, 7) is 6.01. The van der Waals surface area contributed by atoms with Gasteiger partial charge in [-0.3, -0.25) is 4.68 Å². The zero-order valence-corrected chi connectivity index (χ0v) is 10.8. The van der Waals surface area contributed by atoms with Crippen LogP contribution in [0, 0.1) is 0 Å². The van der Waals surface area contributed by atoms with Gasteiger partial charge < -0.3 is 0 Å². The number of hydrogen-bond donors (Lipinski definition) is 0. The molecule has 1 atom stereocenters. The molecule has 0 bridgehead atoms. The van der Waals surface area contributed by atoms with Crippen molar-refractivity contribution in [2.24, 2.45) is 11.4 Å². The van der Waals surface area contributed by atoms with E-state index in [1.165, 1.54) is 0 Å². The van der Waals surface area contributed by atoms with E-state index in [0.29, 0.717) is 11.7 Å². The average molecular weight is 229 g/mol. The van der Waals surface area contributed by atoms with E-state index < -0.39 is 9.73 Å². The largest absolute Gasteiger partial charge is 0.273 e. The molecule has 86 valence electrons. The van der Waals surface area contributed by atoms with Gasteiger partial charge in [0, 0.05) is 28.8 Å². The van der Waals surface area contributed by atoms with Crippen molar-refractivity contribution in [3.8, 4) is 0 Å². The fourth-order valence-corrected chi connectivity index (χ4v) is 1.93. The van der Waals surface area contributed by atoms with Gasteiger partial charge in [0.25, 0.3) is 0 Å². The second-order valence-electron chi connectivity index (χ2n) is 4.07. The van der Waals surface area contributed by atoms with Crippen LogP contribution < -0.4 is 0 Å². The quantitative estimate of drug-likeness (QED) is 0.798. The molecule has 0 saturated heterocycles. The van der Waals surface area contributed by atoms with Gasteiger partial charge in [0.2, 0.25) is 0 Å². The predicted molar refractivity (Wildman–Crippen MR) is 64.0 cm³/mol. The first-order valence-electron chi connectivity index (χ1n) is 5.09. The van der Waals surface area contributed by atoms with E-state index in [-0.39, 0.29) is 0 Å². The molecule has 0 fully saturated rings. The topological polar surface area (TPSA) is 47.2 Å². The molecule has 15 heavy (non-hydrogen) atoms. The molecule has 0 aromatic carbocycles. The second-order valence-corrected chi connectivity index (χ2v) is 6.75. The van der Waals surface area contributed by atoms with Gasteiger partial charge in [-0.25, -0.2) is 4.21 Å². The highest BCUT2D eigenvalue weighted by Crippen LogP contribution is 2.25. The lowest BCUT2D eigenvalue weighted by Crippen LogP contribution is -1.98. The smallest absolute Gasteiger partial charge is 0.114 e. The maximum absolute atomic E-state index is 11.9. The van der Waals surface area contributed by atoms with Crippen LogP contribution in [0.4, 0.5) is 5.69 Å². The number of aromatic nitrogens is 2. The van der Waals surface area contributed by atoms with Gasteiger partial charge in [0.1, 0.15) is 5.69 Å². The third-order valence-corrected chi connectivity index (χ3v) is 3.87. The highest BCUT2D eigenvalue weighted by Gasteiger charge is 2.12. The first-order chi connectivity index (χ1) is 6.85. The number of rotatable bonds is 3. The predicted octanol–water partition coefficient (Wildman–Crippen LogP) is 2.29. The average Bonchev–Trinajstić information content (AvgIpc) is 2.46. The molecule has 1 rings (SSSR count). The van der Waals surface area contributed by atoms with Crippen molar-refractivity contribution in [3.63, 3.8) is 0 Å². The van der Waals surface area contributed by atoms with Crippen LogP contribution >= 0.6 is 0 Å². The minimum absolute atomic E-state index is 0.303. The number of hydrogen-bond acceptors (Lipinski definition) is 3. The highest BCUT2D eigenvalue weighted by atomic mass is 32.2. The van der Waals surface area contributed by atoms with Crippen molar-refractivity contribution in [2.75, 3.05) is 12.0 Å². The van der Waals surface area contributed by atoms with Crippen molar-refractivity contribution in [3.05, 3.63) is 11.9 Å². The van der Waals surface area contributed by atoms with Crippen molar-refractivity contribution in [1.29, 1.82) is 0 Å². The van der Waals surface area contributed by atoms with Gasteiger partial charge in [-0.1, -0.05) is 20.8 Å². The lowest BCUT2D eigenvalue weighted by molar-refractivity contribution is 0.681.